The third-order valence-corrected chi connectivity index (χ3v) is 6.51. The Labute approximate surface area is 181 Å². The zero-order valence-corrected chi connectivity index (χ0v) is 18.4. The first-order chi connectivity index (χ1) is 13.7. The monoisotopic (exact) mass is 436 g/mol. The number of allylic oxidation sites excluding steroid dienone is 2. The quantitative estimate of drug-likeness (QED) is 0.492. The minimum atomic E-state index is -0.802. The molecule has 2 aliphatic rings. The Hall–Kier alpha value is -1.85. The van der Waals surface area contributed by atoms with E-state index < -0.39 is 6.04 Å². The molecule has 1 saturated heterocycles. The highest BCUT2D eigenvalue weighted by Gasteiger charge is 2.51. The van der Waals surface area contributed by atoms with Crippen LogP contribution < -0.4 is 0 Å². The lowest BCUT2D eigenvalue weighted by Gasteiger charge is -2.31. The number of rotatable bonds is 6. The summed E-state index contributed by atoms with van der Waals surface area (Å²) in [5, 5.41) is 0.824. The average Bonchev–Trinajstić information content (AvgIpc) is 2.94. The molecule has 5 nitrogen and oxygen atoms in total. The molecule has 1 aliphatic heterocycles. The second kappa shape index (κ2) is 8.88. The van der Waals surface area contributed by atoms with Crippen molar-refractivity contribution in [1.29, 1.82) is 0 Å². The van der Waals surface area contributed by atoms with E-state index in [-0.39, 0.29) is 42.0 Å². The van der Waals surface area contributed by atoms with E-state index in [9.17, 15) is 14.4 Å². The summed E-state index contributed by atoms with van der Waals surface area (Å²) >= 11 is 12.3. The zero-order valence-electron chi connectivity index (χ0n) is 16.9. The Kier molecular flexibility index (Phi) is 6.69. The van der Waals surface area contributed by atoms with Gasteiger partial charge in [0.25, 0.3) is 0 Å². The second-order valence-electron chi connectivity index (χ2n) is 8.25. The Balaban J connectivity index is 1.84. The molecule has 1 aromatic carbocycles. The van der Waals surface area contributed by atoms with Gasteiger partial charge in [-0.05, 0) is 36.8 Å². The van der Waals surface area contributed by atoms with Gasteiger partial charge in [0.2, 0.25) is 17.7 Å². The molecule has 3 amide bonds. The van der Waals surface area contributed by atoms with Crippen molar-refractivity contribution in [2.75, 3.05) is 7.05 Å². The lowest BCUT2D eigenvalue weighted by atomic mass is 9.85. The number of likely N-dealkylation sites (tertiary alicyclic amines) is 1. The van der Waals surface area contributed by atoms with E-state index in [0.29, 0.717) is 29.3 Å². The average molecular weight is 437 g/mol. The van der Waals surface area contributed by atoms with Crippen molar-refractivity contribution in [3.05, 3.63) is 46.0 Å². The van der Waals surface area contributed by atoms with Gasteiger partial charge in [0.15, 0.2) is 0 Å². The Morgan fingerprint density at radius 1 is 1.14 bits per heavy atom. The van der Waals surface area contributed by atoms with Crippen LogP contribution in [0.4, 0.5) is 0 Å². The van der Waals surface area contributed by atoms with Gasteiger partial charge in [0, 0.05) is 13.6 Å². The molecule has 0 aromatic heterocycles. The van der Waals surface area contributed by atoms with E-state index >= 15 is 0 Å². The fourth-order valence-corrected chi connectivity index (χ4v) is 4.53. The van der Waals surface area contributed by atoms with E-state index in [1.165, 1.54) is 9.80 Å². The highest BCUT2D eigenvalue weighted by molar-refractivity contribution is 6.42. The molecule has 3 atom stereocenters. The molecule has 1 fully saturated rings. The van der Waals surface area contributed by atoms with Crippen LogP contribution in [0.15, 0.2) is 30.4 Å². The van der Waals surface area contributed by atoms with Crippen LogP contribution in [0.25, 0.3) is 0 Å². The summed E-state index contributed by atoms with van der Waals surface area (Å²) in [4.78, 5) is 42.1. The van der Waals surface area contributed by atoms with E-state index in [0.717, 1.165) is 5.56 Å². The molecule has 0 N–H and O–H groups in total. The van der Waals surface area contributed by atoms with E-state index in [2.05, 4.69) is 0 Å². The van der Waals surface area contributed by atoms with Crippen LogP contribution in [0.5, 0.6) is 0 Å². The molecule has 0 spiro atoms. The lowest BCUT2D eigenvalue weighted by molar-refractivity contribution is -0.152. The first-order valence-electron chi connectivity index (χ1n) is 9.92. The number of halogens is 2. The first kappa shape index (κ1) is 21.8. The summed E-state index contributed by atoms with van der Waals surface area (Å²) < 4.78 is 0. The van der Waals surface area contributed by atoms with E-state index in [1.54, 1.807) is 19.2 Å². The van der Waals surface area contributed by atoms with E-state index in [1.807, 2.05) is 32.1 Å². The fraction of sp³-hybridized carbons (Fsp3) is 0.500. The number of benzene rings is 1. The van der Waals surface area contributed by atoms with Crippen LogP contribution in [0, 0.1) is 17.8 Å². The maximum absolute atomic E-state index is 13.4. The van der Waals surface area contributed by atoms with Gasteiger partial charge in [0.1, 0.15) is 6.04 Å². The molecule has 1 aromatic rings. The molecular formula is C22H26Cl2N2O3. The van der Waals surface area contributed by atoms with Crippen molar-refractivity contribution in [2.24, 2.45) is 17.8 Å². The van der Waals surface area contributed by atoms with Crippen LogP contribution in [-0.4, -0.2) is 40.6 Å². The minimum Gasteiger partial charge on any atom is -0.340 e. The smallest absolute Gasteiger partial charge is 0.245 e. The van der Waals surface area contributed by atoms with Crippen LogP contribution in [0.2, 0.25) is 10.0 Å². The normalized spacial score (nSPS) is 22.2. The molecule has 3 unspecified atom stereocenters. The second-order valence-corrected chi connectivity index (χ2v) is 9.04. The Morgan fingerprint density at radius 2 is 1.72 bits per heavy atom. The SMILES string of the molecule is CC(C)CC(C(=O)N(C)Cc1cccc(Cl)c1Cl)N1C(=O)C2CC=CCC2C1=O. The highest BCUT2D eigenvalue weighted by atomic mass is 35.5. The van der Waals surface area contributed by atoms with Gasteiger partial charge in [-0.25, -0.2) is 0 Å². The number of fused-ring (bicyclic) bond motifs is 1. The van der Waals surface area contributed by atoms with Crippen molar-refractivity contribution in [3.8, 4) is 0 Å². The summed E-state index contributed by atoms with van der Waals surface area (Å²) in [6, 6.07) is 4.47. The number of amides is 3. The molecule has 0 saturated carbocycles. The van der Waals surface area contributed by atoms with Crippen molar-refractivity contribution in [2.45, 2.75) is 45.7 Å². The van der Waals surface area contributed by atoms with Gasteiger partial charge in [-0.2, -0.15) is 0 Å². The highest BCUT2D eigenvalue weighted by Crippen LogP contribution is 2.37. The number of hydrogen-bond donors (Lipinski definition) is 0. The van der Waals surface area contributed by atoms with Gasteiger partial charge in [-0.3, -0.25) is 19.3 Å². The maximum atomic E-state index is 13.4. The van der Waals surface area contributed by atoms with Crippen molar-refractivity contribution < 1.29 is 14.4 Å². The third-order valence-electron chi connectivity index (χ3n) is 5.65. The van der Waals surface area contributed by atoms with Crippen LogP contribution >= 0.6 is 23.2 Å². The predicted octanol–water partition coefficient (Wildman–Crippen LogP) is 4.32. The molecule has 3 rings (SSSR count). The van der Waals surface area contributed by atoms with Gasteiger partial charge in [-0.1, -0.05) is 61.3 Å². The van der Waals surface area contributed by atoms with Crippen LogP contribution in [0.1, 0.15) is 38.7 Å². The van der Waals surface area contributed by atoms with Crippen molar-refractivity contribution >= 4 is 40.9 Å². The lowest BCUT2D eigenvalue weighted by Crippen LogP contribution is -2.50. The summed E-state index contributed by atoms with van der Waals surface area (Å²) in [6.07, 6.45) is 5.44. The summed E-state index contributed by atoms with van der Waals surface area (Å²) in [7, 11) is 1.66. The molecule has 0 radical (unpaired) electrons. The minimum absolute atomic E-state index is 0.147. The van der Waals surface area contributed by atoms with E-state index in [4.69, 9.17) is 23.2 Å². The van der Waals surface area contributed by atoms with Crippen LogP contribution in [0.3, 0.4) is 0 Å². The molecule has 7 heteroatoms. The molecule has 1 heterocycles. The number of imide groups is 1. The number of nitrogens with zero attached hydrogens (tertiary/aromatic N) is 2. The third kappa shape index (κ3) is 4.36. The fourth-order valence-electron chi connectivity index (χ4n) is 4.15. The standard InChI is InChI=1S/C22H26Cl2N2O3/c1-13(2)11-18(26-20(27)15-8-4-5-9-16(15)21(26)28)22(29)25(3)12-14-7-6-10-17(23)19(14)24/h4-7,10,13,15-16,18H,8-9,11-12H2,1-3H3. The van der Waals surface area contributed by atoms with Crippen molar-refractivity contribution in [3.63, 3.8) is 0 Å². The predicted molar refractivity (Wildman–Crippen MR) is 113 cm³/mol. The van der Waals surface area contributed by atoms with Gasteiger partial charge in [-0.15, -0.1) is 0 Å². The number of hydrogen-bond acceptors (Lipinski definition) is 3. The topological polar surface area (TPSA) is 57.7 Å². The maximum Gasteiger partial charge on any atom is 0.245 e. The first-order valence-corrected chi connectivity index (χ1v) is 10.7. The molecular weight excluding hydrogens is 411 g/mol. The number of carbonyl (C=O) groups is 3. The summed E-state index contributed by atoms with van der Waals surface area (Å²) in [6.45, 7) is 4.21. The molecule has 1 aliphatic carbocycles. The summed E-state index contributed by atoms with van der Waals surface area (Å²) in [5.74, 6) is -1.25. The zero-order chi connectivity index (χ0) is 21.3. The van der Waals surface area contributed by atoms with Crippen LogP contribution in [-0.2, 0) is 20.9 Å². The molecule has 0 bridgehead atoms. The number of likely N-dealkylation sites (N-methyl/N-ethyl adjacent to an activating group) is 1. The molecule has 29 heavy (non-hydrogen) atoms. The van der Waals surface area contributed by atoms with Crippen molar-refractivity contribution in [1.82, 2.24) is 9.80 Å². The number of carbonyl (C=O) groups excluding carboxylic acids is 3. The Bertz CT molecular complexity index is 826. The van der Waals surface area contributed by atoms with Gasteiger partial charge >= 0.3 is 0 Å². The summed E-state index contributed by atoms with van der Waals surface area (Å²) in [5.41, 5.74) is 0.718. The molecule has 156 valence electrons. The van der Waals surface area contributed by atoms with Gasteiger partial charge in [0.05, 0.1) is 21.9 Å². The largest absolute Gasteiger partial charge is 0.340 e. The Morgan fingerprint density at radius 3 is 2.28 bits per heavy atom. The van der Waals surface area contributed by atoms with Gasteiger partial charge < -0.3 is 4.90 Å².